The van der Waals surface area contributed by atoms with Gasteiger partial charge in [0.15, 0.2) is 11.9 Å². The number of carbonyl (C=O) groups excluding carboxylic acids is 3. The number of rotatable bonds is 7. The Hall–Kier alpha value is -3.16. The largest absolute Gasteiger partial charge is 0.448 e. The Morgan fingerprint density at radius 2 is 1.83 bits per heavy atom. The number of aromatic nitrogens is 1. The van der Waals surface area contributed by atoms with Crippen molar-refractivity contribution in [1.29, 1.82) is 0 Å². The van der Waals surface area contributed by atoms with E-state index in [-0.39, 0.29) is 35.5 Å². The van der Waals surface area contributed by atoms with Gasteiger partial charge in [0.05, 0.1) is 0 Å². The van der Waals surface area contributed by atoms with Crippen LogP contribution in [0.3, 0.4) is 0 Å². The predicted octanol–water partition coefficient (Wildman–Crippen LogP) is 2.84. The van der Waals surface area contributed by atoms with Gasteiger partial charge in [-0.1, -0.05) is 38.1 Å². The van der Waals surface area contributed by atoms with E-state index in [0.29, 0.717) is 18.0 Å². The normalized spacial score (nSPS) is 23.4. The predicted molar refractivity (Wildman–Crippen MR) is 129 cm³/mol. The number of likely N-dealkylation sites (N-methyl/N-ethyl adjacent to an activating group) is 1. The van der Waals surface area contributed by atoms with E-state index in [9.17, 15) is 14.4 Å². The molecule has 1 aromatic heterocycles. The molecule has 5 rings (SSSR count). The second kappa shape index (κ2) is 9.13. The molecule has 2 heterocycles. The number of hydrogen-bond acceptors (Lipinski definition) is 5. The van der Waals surface area contributed by atoms with Gasteiger partial charge in [-0.15, -0.1) is 0 Å². The molecule has 3 aliphatic rings. The van der Waals surface area contributed by atoms with E-state index in [0.717, 1.165) is 25.7 Å². The minimum atomic E-state index is -1.00. The van der Waals surface area contributed by atoms with Gasteiger partial charge in [-0.05, 0) is 55.1 Å². The van der Waals surface area contributed by atoms with Gasteiger partial charge < -0.3 is 19.5 Å². The molecule has 2 aliphatic carbocycles. The zero-order chi connectivity index (χ0) is 24.9. The first-order valence-electron chi connectivity index (χ1n) is 12.6. The van der Waals surface area contributed by atoms with E-state index in [1.54, 1.807) is 14.1 Å². The number of nitrogens with one attached hydrogen (secondary N) is 1. The van der Waals surface area contributed by atoms with Crippen molar-refractivity contribution in [3.8, 4) is 0 Å². The molecular formula is C27H34N4O4. The Bertz CT molecular complexity index is 1110. The summed E-state index contributed by atoms with van der Waals surface area (Å²) in [6, 6.07) is 5.72. The number of hydrogen-bond donors (Lipinski definition) is 1. The first-order valence-corrected chi connectivity index (χ1v) is 12.6. The standard InChI is InChI=1S/C27H34N4O4/c1-15(2)11-21-24(32)29-22(19-12-17-7-5-6-8-18(17)13-19)26(33)31(21)23(27(34)30(3)4)20-14-35-25(28-20)16-9-10-16/h5-8,14-16,19,21-23H,9-13H2,1-4H3,(H,29,32)/t21-,22?,23-/m1/s1. The van der Waals surface area contributed by atoms with Crippen LogP contribution >= 0.6 is 0 Å². The number of fused-ring (bicyclic) bond motifs is 1. The molecule has 0 spiro atoms. The van der Waals surface area contributed by atoms with Crippen molar-refractivity contribution in [2.24, 2.45) is 11.8 Å². The summed E-state index contributed by atoms with van der Waals surface area (Å²) >= 11 is 0. The highest BCUT2D eigenvalue weighted by atomic mass is 16.3. The van der Waals surface area contributed by atoms with E-state index in [1.165, 1.54) is 27.2 Å². The van der Waals surface area contributed by atoms with E-state index < -0.39 is 18.1 Å². The minimum Gasteiger partial charge on any atom is -0.448 e. The maximum absolute atomic E-state index is 14.2. The van der Waals surface area contributed by atoms with Crippen molar-refractivity contribution in [2.75, 3.05) is 14.1 Å². The van der Waals surface area contributed by atoms with Crippen molar-refractivity contribution in [1.82, 2.24) is 20.1 Å². The zero-order valence-corrected chi connectivity index (χ0v) is 20.9. The molecule has 1 saturated carbocycles. The van der Waals surface area contributed by atoms with Crippen LogP contribution in [0, 0.1) is 11.8 Å². The molecule has 3 atom stereocenters. The quantitative estimate of drug-likeness (QED) is 0.660. The monoisotopic (exact) mass is 478 g/mol. The number of oxazole rings is 1. The molecule has 1 aromatic carbocycles. The molecule has 1 aliphatic heterocycles. The highest BCUT2D eigenvalue weighted by molar-refractivity contribution is 6.00. The van der Waals surface area contributed by atoms with Crippen LogP contribution in [-0.2, 0) is 27.2 Å². The highest BCUT2D eigenvalue weighted by Gasteiger charge is 2.50. The summed E-state index contributed by atoms with van der Waals surface area (Å²) in [5.41, 5.74) is 2.82. The first kappa shape index (κ1) is 23.6. The van der Waals surface area contributed by atoms with Gasteiger partial charge in [0.2, 0.25) is 11.8 Å². The molecule has 1 N–H and O–H groups in total. The van der Waals surface area contributed by atoms with Crippen LogP contribution in [0.2, 0.25) is 0 Å². The maximum atomic E-state index is 14.2. The summed E-state index contributed by atoms with van der Waals surface area (Å²) in [5.74, 6) is 0.268. The van der Waals surface area contributed by atoms with Crippen LogP contribution in [0.4, 0.5) is 0 Å². The van der Waals surface area contributed by atoms with E-state index in [4.69, 9.17) is 4.42 Å². The summed E-state index contributed by atoms with van der Waals surface area (Å²) in [4.78, 5) is 48.8. The second-order valence-electron chi connectivity index (χ2n) is 10.8. The summed E-state index contributed by atoms with van der Waals surface area (Å²) in [6.07, 6.45) is 5.41. The molecule has 0 radical (unpaired) electrons. The van der Waals surface area contributed by atoms with E-state index in [1.807, 2.05) is 26.0 Å². The van der Waals surface area contributed by atoms with Gasteiger partial charge in [0, 0.05) is 20.0 Å². The van der Waals surface area contributed by atoms with E-state index >= 15 is 0 Å². The SMILES string of the molecule is CC(C)C[C@@H]1C(=O)NC(C2Cc3ccccc3C2)C(=O)N1[C@@H](C(=O)N(C)C)c1coc(C2CC2)n1. The fraction of sp³-hybridized carbons (Fsp3) is 0.556. The molecule has 2 aromatic rings. The molecule has 186 valence electrons. The van der Waals surface area contributed by atoms with Crippen LogP contribution in [0.1, 0.15) is 67.8 Å². The van der Waals surface area contributed by atoms with Crippen molar-refractivity contribution in [3.05, 3.63) is 53.2 Å². The van der Waals surface area contributed by atoms with Crippen LogP contribution in [0.15, 0.2) is 34.9 Å². The van der Waals surface area contributed by atoms with Gasteiger partial charge in [-0.2, -0.15) is 0 Å². The van der Waals surface area contributed by atoms with Crippen LogP contribution in [-0.4, -0.2) is 58.7 Å². The highest BCUT2D eigenvalue weighted by Crippen LogP contribution is 2.41. The third-order valence-corrected chi connectivity index (χ3v) is 7.40. The smallest absolute Gasteiger partial charge is 0.251 e. The molecule has 1 saturated heterocycles. The number of amides is 3. The summed E-state index contributed by atoms with van der Waals surface area (Å²) in [5, 5.41) is 3.04. The molecular weight excluding hydrogens is 444 g/mol. The van der Waals surface area contributed by atoms with Crippen molar-refractivity contribution in [2.45, 2.75) is 70.0 Å². The molecule has 8 nitrogen and oxygen atoms in total. The van der Waals surface area contributed by atoms with Crippen molar-refractivity contribution in [3.63, 3.8) is 0 Å². The van der Waals surface area contributed by atoms with Gasteiger partial charge in [0.25, 0.3) is 5.91 Å². The third-order valence-electron chi connectivity index (χ3n) is 7.40. The zero-order valence-electron chi connectivity index (χ0n) is 20.9. The number of benzene rings is 1. The lowest BCUT2D eigenvalue weighted by Crippen LogP contribution is -2.67. The lowest BCUT2D eigenvalue weighted by molar-refractivity contribution is -0.159. The Balaban J connectivity index is 1.53. The number of carbonyl (C=O) groups is 3. The lowest BCUT2D eigenvalue weighted by Gasteiger charge is -2.44. The average molecular weight is 479 g/mol. The topological polar surface area (TPSA) is 95.8 Å². The third kappa shape index (κ3) is 4.46. The van der Waals surface area contributed by atoms with Gasteiger partial charge in [0.1, 0.15) is 24.0 Å². The molecule has 3 amide bonds. The van der Waals surface area contributed by atoms with Crippen molar-refractivity contribution < 1.29 is 18.8 Å². The lowest BCUT2D eigenvalue weighted by atomic mass is 9.88. The van der Waals surface area contributed by atoms with Crippen molar-refractivity contribution >= 4 is 17.7 Å². The Morgan fingerprint density at radius 1 is 1.17 bits per heavy atom. The Kier molecular flexibility index (Phi) is 6.15. The Morgan fingerprint density at radius 3 is 2.40 bits per heavy atom. The minimum absolute atomic E-state index is 0.0548. The maximum Gasteiger partial charge on any atom is 0.251 e. The molecule has 35 heavy (non-hydrogen) atoms. The number of nitrogens with zero attached hydrogens (tertiary/aromatic N) is 3. The molecule has 0 bridgehead atoms. The molecule has 8 heteroatoms. The first-order chi connectivity index (χ1) is 16.7. The van der Waals surface area contributed by atoms with Crippen LogP contribution in [0.5, 0.6) is 0 Å². The number of piperazine rings is 1. The van der Waals surface area contributed by atoms with Crippen LogP contribution in [0.25, 0.3) is 0 Å². The Labute approximate surface area is 206 Å². The fourth-order valence-electron chi connectivity index (χ4n) is 5.45. The van der Waals surface area contributed by atoms with Gasteiger partial charge >= 0.3 is 0 Å². The van der Waals surface area contributed by atoms with E-state index in [2.05, 4.69) is 22.4 Å². The van der Waals surface area contributed by atoms with Gasteiger partial charge in [-0.25, -0.2) is 4.98 Å². The summed E-state index contributed by atoms with van der Waals surface area (Å²) in [6.45, 7) is 4.03. The molecule has 2 fully saturated rings. The summed E-state index contributed by atoms with van der Waals surface area (Å²) in [7, 11) is 3.32. The summed E-state index contributed by atoms with van der Waals surface area (Å²) < 4.78 is 5.72. The van der Waals surface area contributed by atoms with Crippen LogP contribution < -0.4 is 5.32 Å². The second-order valence-corrected chi connectivity index (χ2v) is 10.8. The fourth-order valence-corrected chi connectivity index (χ4v) is 5.45. The average Bonchev–Trinajstić information content (AvgIpc) is 3.39. The molecule has 1 unspecified atom stereocenters. The van der Waals surface area contributed by atoms with Gasteiger partial charge in [-0.3, -0.25) is 14.4 Å².